The third-order valence-electron chi connectivity index (χ3n) is 3.37. The number of hydrogen-bond donors (Lipinski definition) is 2. The zero-order chi connectivity index (χ0) is 15.6. The smallest absolute Gasteiger partial charge is 0.319 e. The second kappa shape index (κ2) is 6.21. The zero-order valence-electron chi connectivity index (χ0n) is 12.4. The molecule has 1 fully saturated rings. The Balaban J connectivity index is 1.89. The number of nitrogens with zero attached hydrogens (tertiary/aromatic N) is 1. The minimum atomic E-state index is -0.273. The van der Waals surface area contributed by atoms with E-state index in [0.29, 0.717) is 13.0 Å². The summed E-state index contributed by atoms with van der Waals surface area (Å²) in [6.07, 6.45) is 0.359. The van der Waals surface area contributed by atoms with E-state index in [-0.39, 0.29) is 23.5 Å². The van der Waals surface area contributed by atoms with Gasteiger partial charge in [-0.3, -0.25) is 4.79 Å². The zero-order valence-corrected chi connectivity index (χ0v) is 14.6. The number of benzene rings is 1. The lowest BCUT2D eigenvalue weighted by Gasteiger charge is -2.32. The Labute approximate surface area is 138 Å². The number of hydrogen-bond acceptors (Lipinski definition) is 2. The maximum atomic E-state index is 12.0. The van der Waals surface area contributed by atoms with Crippen LogP contribution in [0.15, 0.2) is 24.3 Å². The molecule has 1 saturated heterocycles. The predicted octanol–water partition coefficient (Wildman–Crippen LogP) is 2.81. The van der Waals surface area contributed by atoms with Crippen LogP contribution in [-0.2, 0) is 4.79 Å². The van der Waals surface area contributed by atoms with Gasteiger partial charge in [-0.15, -0.1) is 0 Å². The Kier molecular flexibility index (Phi) is 4.75. The summed E-state index contributed by atoms with van der Waals surface area (Å²) in [6.45, 7) is 6.55. The molecule has 6 heteroatoms. The summed E-state index contributed by atoms with van der Waals surface area (Å²) in [4.78, 5) is 25.7. The highest BCUT2D eigenvalue weighted by atomic mass is 127. The molecule has 2 N–H and O–H groups in total. The SMILES string of the molecule is CC(C)(C)N1CC(NC(=O)Nc2ccc(I)cc2)CC1=O. The van der Waals surface area contributed by atoms with Crippen LogP contribution >= 0.6 is 22.6 Å². The Morgan fingerprint density at radius 2 is 1.90 bits per heavy atom. The average Bonchev–Trinajstić information content (AvgIpc) is 2.73. The van der Waals surface area contributed by atoms with Crippen molar-refractivity contribution in [2.45, 2.75) is 38.8 Å². The van der Waals surface area contributed by atoms with Gasteiger partial charge < -0.3 is 15.5 Å². The van der Waals surface area contributed by atoms with Crippen LogP contribution in [0, 0.1) is 3.57 Å². The molecule has 0 spiro atoms. The molecule has 3 amide bonds. The lowest BCUT2D eigenvalue weighted by atomic mass is 10.1. The number of rotatable bonds is 2. The summed E-state index contributed by atoms with van der Waals surface area (Å²) < 4.78 is 1.11. The fraction of sp³-hybridized carbons (Fsp3) is 0.467. The highest BCUT2D eigenvalue weighted by Crippen LogP contribution is 2.22. The van der Waals surface area contributed by atoms with Crippen LogP contribution in [0.3, 0.4) is 0 Å². The lowest BCUT2D eigenvalue weighted by molar-refractivity contribution is -0.131. The standard InChI is InChI=1S/C15H20IN3O2/c1-15(2,3)19-9-12(8-13(19)20)18-14(21)17-11-6-4-10(16)5-7-11/h4-7,12H,8-9H2,1-3H3,(H2,17,18,21). The molecule has 5 nitrogen and oxygen atoms in total. The van der Waals surface area contributed by atoms with Crippen LogP contribution in [0.2, 0.25) is 0 Å². The molecule has 21 heavy (non-hydrogen) atoms. The predicted molar refractivity (Wildman–Crippen MR) is 91.2 cm³/mol. The van der Waals surface area contributed by atoms with Gasteiger partial charge in [0.05, 0.1) is 6.04 Å². The molecule has 0 radical (unpaired) electrons. The minimum Gasteiger partial charge on any atom is -0.336 e. The van der Waals surface area contributed by atoms with E-state index in [2.05, 4.69) is 33.2 Å². The number of carbonyl (C=O) groups is 2. The molecule has 2 rings (SSSR count). The van der Waals surface area contributed by atoms with Crippen molar-refractivity contribution in [3.05, 3.63) is 27.8 Å². The van der Waals surface area contributed by atoms with Crippen molar-refractivity contribution < 1.29 is 9.59 Å². The Hall–Kier alpha value is -1.31. The second-order valence-electron chi connectivity index (χ2n) is 6.18. The maximum absolute atomic E-state index is 12.0. The summed E-state index contributed by atoms with van der Waals surface area (Å²) in [5.41, 5.74) is 0.532. The van der Waals surface area contributed by atoms with Crippen LogP contribution in [0.1, 0.15) is 27.2 Å². The first-order valence-electron chi connectivity index (χ1n) is 6.89. The van der Waals surface area contributed by atoms with E-state index in [1.807, 2.05) is 49.9 Å². The van der Waals surface area contributed by atoms with Gasteiger partial charge in [0, 0.05) is 27.8 Å². The summed E-state index contributed by atoms with van der Waals surface area (Å²) >= 11 is 2.21. The second-order valence-corrected chi connectivity index (χ2v) is 7.43. The Morgan fingerprint density at radius 3 is 2.43 bits per heavy atom. The molecule has 1 aromatic rings. The third kappa shape index (κ3) is 4.33. The average molecular weight is 401 g/mol. The van der Waals surface area contributed by atoms with Gasteiger partial charge in [0.15, 0.2) is 0 Å². The molecule has 1 aliphatic heterocycles. The number of nitrogens with one attached hydrogen (secondary N) is 2. The monoisotopic (exact) mass is 401 g/mol. The van der Waals surface area contributed by atoms with Gasteiger partial charge in [-0.25, -0.2) is 4.79 Å². The summed E-state index contributed by atoms with van der Waals surface area (Å²) in [6, 6.07) is 7.14. The summed E-state index contributed by atoms with van der Waals surface area (Å²) in [5.74, 6) is 0.0852. The van der Waals surface area contributed by atoms with Gasteiger partial charge in [0.25, 0.3) is 0 Å². The highest BCUT2D eigenvalue weighted by molar-refractivity contribution is 14.1. The van der Waals surface area contributed by atoms with E-state index < -0.39 is 0 Å². The molecule has 1 aromatic carbocycles. The van der Waals surface area contributed by atoms with Crippen molar-refractivity contribution >= 4 is 40.2 Å². The molecular formula is C15H20IN3O2. The lowest BCUT2D eigenvalue weighted by Crippen LogP contribution is -2.45. The number of amides is 3. The van der Waals surface area contributed by atoms with Crippen molar-refractivity contribution in [1.29, 1.82) is 0 Å². The normalized spacial score (nSPS) is 18.8. The molecule has 0 aromatic heterocycles. The van der Waals surface area contributed by atoms with E-state index in [4.69, 9.17) is 0 Å². The first-order valence-corrected chi connectivity index (χ1v) is 7.97. The van der Waals surface area contributed by atoms with E-state index >= 15 is 0 Å². The molecule has 1 aliphatic rings. The van der Waals surface area contributed by atoms with Crippen molar-refractivity contribution in [3.8, 4) is 0 Å². The number of carbonyl (C=O) groups excluding carboxylic acids is 2. The van der Waals surface area contributed by atoms with E-state index in [1.54, 1.807) is 0 Å². The number of urea groups is 1. The molecule has 1 unspecified atom stereocenters. The van der Waals surface area contributed by atoms with Crippen LogP contribution in [0.25, 0.3) is 0 Å². The van der Waals surface area contributed by atoms with Crippen molar-refractivity contribution in [2.24, 2.45) is 0 Å². The number of anilines is 1. The van der Waals surface area contributed by atoms with E-state index in [0.717, 1.165) is 9.26 Å². The minimum absolute atomic E-state index is 0.0852. The Bertz CT molecular complexity index is 537. The van der Waals surface area contributed by atoms with Crippen LogP contribution < -0.4 is 10.6 Å². The van der Waals surface area contributed by atoms with Crippen LogP contribution in [0.4, 0.5) is 10.5 Å². The Morgan fingerprint density at radius 1 is 1.29 bits per heavy atom. The van der Waals surface area contributed by atoms with Gasteiger partial charge in [-0.05, 0) is 67.6 Å². The van der Waals surface area contributed by atoms with Gasteiger partial charge in [-0.2, -0.15) is 0 Å². The van der Waals surface area contributed by atoms with Crippen molar-refractivity contribution in [1.82, 2.24) is 10.2 Å². The van der Waals surface area contributed by atoms with Crippen molar-refractivity contribution in [2.75, 3.05) is 11.9 Å². The highest BCUT2D eigenvalue weighted by Gasteiger charge is 2.36. The first-order chi connectivity index (χ1) is 9.75. The number of likely N-dealkylation sites (tertiary alicyclic amines) is 1. The summed E-state index contributed by atoms with van der Waals surface area (Å²) in [7, 11) is 0. The molecule has 0 bridgehead atoms. The first kappa shape index (κ1) is 16.1. The summed E-state index contributed by atoms with van der Waals surface area (Å²) in [5, 5.41) is 5.64. The molecule has 1 heterocycles. The van der Waals surface area contributed by atoms with Gasteiger partial charge >= 0.3 is 6.03 Å². The molecule has 114 valence electrons. The third-order valence-corrected chi connectivity index (χ3v) is 4.09. The fourth-order valence-electron chi connectivity index (χ4n) is 2.34. The largest absolute Gasteiger partial charge is 0.336 e. The number of halogens is 1. The molecule has 1 atom stereocenters. The molecule has 0 aliphatic carbocycles. The van der Waals surface area contributed by atoms with Gasteiger partial charge in [-0.1, -0.05) is 0 Å². The van der Waals surface area contributed by atoms with Crippen LogP contribution in [0.5, 0.6) is 0 Å². The fourth-order valence-corrected chi connectivity index (χ4v) is 2.70. The van der Waals surface area contributed by atoms with Crippen LogP contribution in [-0.4, -0.2) is 35.0 Å². The molecular weight excluding hydrogens is 381 g/mol. The quantitative estimate of drug-likeness (QED) is 0.749. The van der Waals surface area contributed by atoms with Crippen molar-refractivity contribution in [3.63, 3.8) is 0 Å². The topological polar surface area (TPSA) is 61.4 Å². The van der Waals surface area contributed by atoms with Gasteiger partial charge in [0.2, 0.25) is 5.91 Å². The maximum Gasteiger partial charge on any atom is 0.319 e. The van der Waals surface area contributed by atoms with E-state index in [1.165, 1.54) is 0 Å². The van der Waals surface area contributed by atoms with Gasteiger partial charge in [0.1, 0.15) is 0 Å². The molecule has 0 saturated carbocycles. The van der Waals surface area contributed by atoms with E-state index in [9.17, 15) is 9.59 Å².